The van der Waals surface area contributed by atoms with Crippen LogP contribution in [0.5, 0.6) is 11.5 Å². The summed E-state index contributed by atoms with van der Waals surface area (Å²) in [5, 5.41) is 3.47. The monoisotopic (exact) mass is 387 g/mol. The van der Waals surface area contributed by atoms with Crippen LogP contribution in [-0.4, -0.2) is 26.7 Å². The minimum Gasteiger partial charge on any atom is -0.493 e. The molecule has 0 aliphatic heterocycles. The lowest BCUT2D eigenvalue weighted by Crippen LogP contribution is -2.26. The average molecular weight is 389 g/mol. The summed E-state index contributed by atoms with van der Waals surface area (Å²) in [4.78, 5) is 12.3. The van der Waals surface area contributed by atoms with Gasteiger partial charge in [0.25, 0.3) is 5.91 Å². The van der Waals surface area contributed by atoms with Gasteiger partial charge in [0.1, 0.15) is 0 Å². The van der Waals surface area contributed by atoms with Gasteiger partial charge in [-0.05, 0) is 36.2 Å². The Bertz CT molecular complexity index is 750. The highest BCUT2D eigenvalue weighted by molar-refractivity contribution is 6.46. The van der Waals surface area contributed by atoms with Gasteiger partial charge in [0.2, 0.25) is 0 Å². The van der Waals surface area contributed by atoms with E-state index in [2.05, 4.69) is 5.32 Å². The van der Waals surface area contributed by atoms with Gasteiger partial charge in [-0.2, -0.15) is 0 Å². The lowest BCUT2D eigenvalue weighted by Gasteiger charge is -2.11. The molecule has 128 valence electrons. The van der Waals surface area contributed by atoms with Crippen LogP contribution in [0.4, 0.5) is 0 Å². The summed E-state index contributed by atoms with van der Waals surface area (Å²) < 4.78 is 10.4. The van der Waals surface area contributed by atoms with Crippen molar-refractivity contribution in [3.05, 3.63) is 56.5 Å². The van der Waals surface area contributed by atoms with Gasteiger partial charge < -0.3 is 14.8 Å². The van der Waals surface area contributed by atoms with Gasteiger partial charge in [-0.3, -0.25) is 4.79 Å². The fourth-order valence-corrected chi connectivity index (χ4v) is 2.88. The van der Waals surface area contributed by atoms with Crippen LogP contribution in [0.25, 0.3) is 0 Å². The van der Waals surface area contributed by atoms with E-state index in [1.165, 1.54) is 0 Å². The number of benzene rings is 2. The molecule has 0 aromatic heterocycles. The normalized spacial score (nSPS) is 10.4. The summed E-state index contributed by atoms with van der Waals surface area (Å²) in [5.41, 5.74) is 1.18. The number of amides is 1. The van der Waals surface area contributed by atoms with Gasteiger partial charge in [-0.25, -0.2) is 0 Å². The SMILES string of the molecule is COc1ccc(CCNC(=O)c2c(Cl)ccc(Cl)c2Cl)cc1OC. The quantitative estimate of drug-likeness (QED) is 0.734. The molecule has 1 amide bonds. The predicted octanol–water partition coefficient (Wildman–Crippen LogP) is 4.64. The number of carbonyl (C=O) groups is 1. The molecule has 0 saturated carbocycles. The Morgan fingerprint density at radius 1 is 1.00 bits per heavy atom. The average Bonchev–Trinajstić information content (AvgIpc) is 2.58. The van der Waals surface area contributed by atoms with Gasteiger partial charge in [-0.1, -0.05) is 40.9 Å². The van der Waals surface area contributed by atoms with Crippen molar-refractivity contribution in [1.82, 2.24) is 5.32 Å². The van der Waals surface area contributed by atoms with Crippen molar-refractivity contribution in [2.45, 2.75) is 6.42 Å². The van der Waals surface area contributed by atoms with Crippen LogP contribution in [0.3, 0.4) is 0 Å². The number of halogens is 3. The predicted molar refractivity (Wildman–Crippen MR) is 97.1 cm³/mol. The van der Waals surface area contributed by atoms with Gasteiger partial charge in [0, 0.05) is 6.54 Å². The first-order valence-electron chi connectivity index (χ1n) is 7.10. The van der Waals surface area contributed by atoms with E-state index in [4.69, 9.17) is 44.3 Å². The Morgan fingerprint density at radius 2 is 1.67 bits per heavy atom. The van der Waals surface area contributed by atoms with Crippen molar-refractivity contribution in [2.75, 3.05) is 20.8 Å². The standard InChI is InChI=1S/C17H16Cl3NO3/c1-23-13-6-3-10(9-14(13)24-2)7-8-21-17(22)15-11(18)4-5-12(19)16(15)20/h3-6,9H,7-8H2,1-2H3,(H,21,22). The highest BCUT2D eigenvalue weighted by atomic mass is 35.5. The van der Waals surface area contributed by atoms with Crippen molar-refractivity contribution >= 4 is 40.7 Å². The van der Waals surface area contributed by atoms with Crippen molar-refractivity contribution < 1.29 is 14.3 Å². The van der Waals surface area contributed by atoms with E-state index in [0.717, 1.165) is 5.56 Å². The maximum Gasteiger partial charge on any atom is 0.254 e. The number of carbonyl (C=O) groups excluding carboxylic acids is 1. The third kappa shape index (κ3) is 4.26. The minimum absolute atomic E-state index is 0.146. The third-order valence-corrected chi connectivity index (χ3v) is 4.54. The molecule has 1 N–H and O–H groups in total. The largest absolute Gasteiger partial charge is 0.493 e. The molecule has 7 heteroatoms. The number of ether oxygens (including phenoxy) is 2. The molecule has 2 aromatic rings. The van der Waals surface area contributed by atoms with Crippen molar-refractivity contribution in [2.24, 2.45) is 0 Å². The van der Waals surface area contributed by atoms with Crippen LogP contribution in [-0.2, 0) is 6.42 Å². The first-order chi connectivity index (χ1) is 11.5. The summed E-state index contributed by atoms with van der Waals surface area (Å²) in [6.45, 7) is 0.410. The summed E-state index contributed by atoms with van der Waals surface area (Å²) in [6, 6.07) is 8.68. The zero-order valence-corrected chi connectivity index (χ0v) is 15.4. The van der Waals surface area contributed by atoms with Gasteiger partial charge in [0.05, 0.1) is 34.9 Å². The molecule has 0 heterocycles. The first-order valence-corrected chi connectivity index (χ1v) is 8.24. The molecule has 2 rings (SSSR count). The Kier molecular flexibility index (Phi) is 6.60. The molecule has 0 saturated heterocycles. The molecule has 4 nitrogen and oxygen atoms in total. The van der Waals surface area contributed by atoms with E-state index < -0.39 is 0 Å². The highest BCUT2D eigenvalue weighted by Crippen LogP contribution is 2.31. The molecule has 0 atom stereocenters. The van der Waals surface area contributed by atoms with E-state index >= 15 is 0 Å². The van der Waals surface area contributed by atoms with Crippen LogP contribution in [0.15, 0.2) is 30.3 Å². The van der Waals surface area contributed by atoms with E-state index in [1.807, 2.05) is 18.2 Å². The van der Waals surface area contributed by atoms with Crippen LogP contribution in [0, 0.1) is 0 Å². The molecular weight excluding hydrogens is 373 g/mol. The van der Waals surface area contributed by atoms with E-state index in [-0.39, 0.29) is 26.5 Å². The zero-order valence-electron chi connectivity index (χ0n) is 13.2. The van der Waals surface area contributed by atoms with Gasteiger partial charge >= 0.3 is 0 Å². The Labute approximate surface area is 155 Å². The van der Waals surface area contributed by atoms with Crippen molar-refractivity contribution in [1.29, 1.82) is 0 Å². The van der Waals surface area contributed by atoms with Crippen LogP contribution in [0.1, 0.15) is 15.9 Å². The van der Waals surface area contributed by atoms with Gasteiger partial charge in [-0.15, -0.1) is 0 Å². The van der Waals surface area contributed by atoms with Crippen LogP contribution >= 0.6 is 34.8 Å². The second-order valence-corrected chi connectivity index (χ2v) is 6.11. The molecule has 0 aliphatic carbocycles. The molecule has 24 heavy (non-hydrogen) atoms. The Hall–Kier alpha value is -1.62. The second kappa shape index (κ2) is 8.47. The number of hydrogen-bond acceptors (Lipinski definition) is 3. The second-order valence-electron chi connectivity index (χ2n) is 4.91. The molecule has 2 aromatic carbocycles. The van der Waals surface area contributed by atoms with Crippen molar-refractivity contribution in [3.63, 3.8) is 0 Å². The molecule has 0 unspecified atom stereocenters. The fraction of sp³-hybridized carbons (Fsp3) is 0.235. The minimum atomic E-state index is -0.368. The summed E-state index contributed by atoms with van der Waals surface area (Å²) in [6.07, 6.45) is 0.613. The molecule has 0 radical (unpaired) electrons. The summed E-state index contributed by atoms with van der Waals surface area (Å²) in [7, 11) is 3.16. The van der Waals surface area contributed by atoms with E-state index in [1.54, 1.807) is 26.4 Å². The molecule has 0 fully saturated rings. The molecular formula is C17H16Cl3NO3. The third-order valence-electron chi connectivity index (χ3n) is 3.42. The Morgan fingerprint density at radius 3 is 2.33 bits per heavy atom. The number of rotatable bonds is 6. The van der Waals surface area contributed by atoms with Gasteiger partial charge in [0.15, 0.2) is 11.5 Å². The number of hydrogen-bond donors (Lipinski definition) is 1. The van der Waals surface area contributed by atoms with Crippen LogP contribution in [0.2, 0.25) is 15.1 Å². The molecule has 0 aliphatic rings. The lowest BCUT2D eigenvalue weighted by atomic mass is 10.1. The summed E-state index contributed by atoms with van der Waals surface area (Å²) >= 11 is 18.0. The lowest BCUT2D eigenvalue weighted by molar-refractivity contribution is 0.0954. The number of nitrogens with one attached hydrogen (secondary N) is 1. The Balaban J connectivity index is 2.02. The highest BCUT2D eigenvalue weighted by Gasteiger charge is 2.17. The fourth-order valence-electron chi connectivity index (χ4n) is 2.18. The molecule has 0 bridgehead atoms. The maximum atomic E-state index is 12.3. The zero-order chi connectivity index (χ0) is 17.7. The van der Waals surface area contributed by atoms with E-state index in [9.17, 15) is 4.79 Å². The van der Waals surface area contributed by atoms with Crippen molar-refractivity contribution in [3.8, 4) is 11.5 Å². The maximum absolute atomic E-state index is 12.3. The van der Waals surface area contributed by atoms with E-state index in [0.29, 0.717) is 24.5 Å². The van der Waals surface area contributed by atoms with Crippen LogP contribution < -0.4 is 14.8 Å². The topological polar surface area (TPSA) is 47.6 Å². The number of methoxy groups -OCH3 is 2. The first kappa shape index (κ1) is 18.7. The summed E-state index contributed by atoms with van der Waals surface area (Å²) in [5.74, 6) is 0.929. The smallest absolute Gasteiger partial charge is 0.254 e. The molecule has 0 spiro atoms.